The maximum absolute atomic E-state index is 10.8. The minimum absolute atomic E-state index is 0.134. The van der Waals surface area contributed by atoms with Crippen LogP contribution in [0.4, 0.5) is 0 Å². The van der Waals surface area contributed by atoms with Gasteiger partial charge in [-0.2, -0.15) is 0 Å². The van der Waals surface area contributed by atoms with Gasteiger partial charge in [0, 0.05) is 7.11 Å². The molecule has 0 aromatic heterocycles. The zero-order chi connectivity index (χ0) is 12.7. The van der Waals surface area contributed by atoms with Crippen molar-refractivity contribution in [3.8, 4) is 0 Å². The summed E-state index contributed by atoms with van der Waals surface area (Å²) in [7, 11) is 2.06. The molecule has 0 aliphatic heterocycles. The summed E-state index contributed by atoms with van der Waals surface area (Å²) in [6.45, 7) is 12.2. The van der Waals surface area contributed by atoms with Gasteiger partial charge in [-0.15, -0.1) is 0 Å². The standard InChI is InChI=1S/C7H14O2.C4H12OSi/c1-5-7(2,3)6(8)9-4;1-5-6(2,3)4/h5H2,1-4H3;1-4H3. The Labute approximate surface area is 95.3 Å². The summed E-state index contributed by atoms with van der Waals surface area (Å²) >= 11 is 0. The third kappa shape index (κ3) is 9.94. The monoisotopic (exact) mass is 234 g/mol. The first-order chi connectivity index (χ1) is 6.60. The smallest absolute Gasteiger partial charge is 0.311 e. The first-order valence-electron chi connectivity index (χ1n) is 5.24. The van der Waals surface area contributed by atoms with E-state index in [0.717, 1.165) is 6.42 Å². The highest BCUT2D eigenvalue weighted by atomic mass is 28.4. The van der Waals surface area contributed by atoms with Gasteiger partial charge in [0.25, 0.3) is 0 Å². The SMILES string of the molecule is CCC(C)(C)C(=O)OC.CO[Si](C)(C)C. The van der Waals surface area contributed by atoms with Gasteiger partial charge in [-0.05, 0) is 39.9 Å². The lowest BCUT2D eigenvalue weighted by Crippen LogP contribution is -2.24. The summed E-state index contributed by atoms with van der Waals surface area (Å²) in [6, 6.07) is 0. The van der Waals surface area contributed by atoms with E-state index in [0.29, 0.717) is 0 Å². The number of carbonyl (C=O) groups excluding carboxylic acids is 1. The molecule has 0 N–H and O–H groups in total. The first kappa shape index (κ1) is 17.1. The molecule has 0 spiro atoms. The molecule has 0 fully saturated rings. The van der Waals surface area contributed by atoms with E-state index in [1.165, 1.54) is 7.11 Å². The summed E-state index contributed by atoms with van der Waals surface area (Å²) in [5, 5.41) is 0. The molecule has 0 aromatic carbocycles. The number of carbonyl (C=O) groups is 1. The Hall–Kier alpha value is -0.353. The number of rotatable bonds is 3. The van der Waals surface area contributed by atoms with Crippen molar-refractivity contribution in [1.82, 2.24) is 0 Å². The van der Waals surface area contributed by atoms with Gasteiger partial charge >= 0.3 is 5.97 Å². The van der Waals surface area contributed by atoms with Gasteiger partial charge in [0.05, 0.1) is 12.5 Å². The predicted molar refractivity (Wildman–Crippen MR) is 66.4 cm³/mol. The van der Waals surface area contributed by atoms with Crippen LogP contribution < -0.4 is 0 Å². The molecule has 0 amide bonds. The third-order valence-corrected chi connectivity index (χ3v) is 3.46. The van der Waals surface area contributed by atoms with E-state index in [2.05, 4.69) is 24.4 Å². The molecule has 0 aliphatic rings. The third-order valence-electron chi connectivity index (χ3n) is 2.23. The van der Waals surface area contributed by atoms with Crippen molar-refractivity contribution >= 4 is 14.3 Å². The molecule has 0 rings (SSSR count). The van der Waals surface area contributed by atoms with Crippen molar-refractivity contribution < 1.29 is 14.0 Å². The molecule has 0 atom stereocenters. The van der Waals surface area contributed by atoms with E-state index in [4.69, 9.17) is 4.43 Å². The van der Waals surface area contributed by atoms with Gasteiger partial charge in [0.2, 0.25) is 0 Å². The highest BCUT2D eigenvalue weighted by Gasteiger charge is 2.25. The Kier molecular flexibility index (Phi) is 7.97. The number of esters is 1. The Morgan fingerprint density at radius 2 is 1.53 bits per heavy atom. The maximum Gasteiger partial charge on any atom is 0.311 e. The van der Waals surface area contributed by atoms with Crippen LogP contribution in [0.1, 0.15) is 27.2 Å². The first-order valence-corrected chi connectivity index (χ1v) is 8.65. The second-order valence-electron chi connectivity index (χ2n) is 5.05. The van der Waals surface area contributed by atoms with Crippen molar-refractivity contribution in [2.45, 2.75) is 46.8 Å². The molecule has 92 valence electrons. The fraction of sp³-hybridized carbons (Fsp3) is 0.909. The molecule has 0 aromatic rings. The van der Waals surface area contributed by atoms with E-state index in [9.17, 15) is 4.79 Å². The van der Waals surface area contributed by atoms with E-state index in [1.807, 2.05) is 20.8 Å². The lowest BCUT2D eigenvalue weighted by Gasteiger charge is -2.17. The second-order valence-corrected chi connectivity index (χ2v) is 9.68. The van der Waals surface area contributed by atoms with Crippen molar-refractivity contribution in [1.29, 1.82) is 0 Å². The van der Waals surface area contributed by atoms with Crippen LogP contribution in [0.5, 0.6) is 0 Å². The van der Waals surface area contributed by atoms with Crippen LogP contribution in [-0.2, 0) is 14.0 Å². The molecular formula is C11H26O3Si. The molecule has 0 radical (unpaired) electrons. The normalized spacial score (nSPS) is 11.5. The van der Waals surface area contributed by atoms with Crippen LogP contribution in [0.2, 0.25) is 19.6 Å². The van der Waals surface area contributed by atoms with Gasteiger partial charge in [0.1, 0.15) is 0 Å². The van der Waals surface area contributed by atoms with Crippen LogP contribution in [0, 0.1) is 5.41 Å². The van der Waals surface area contributed by atoms with Gasteiger partial charge in [-0.25, -0.2) is 0 Å². The molecule has 0 aliphatic carbocycles. The molecule has 0 unspecified atom stereocenters. The zero-order valence-corrected chi connectivity index (χ0v) is 12.4. The second kappa shape index (κ2) is 7.01. The summed E-state index contributed by atoms with van der Waals surface area (Å²) in [5.74, 6) is -0.134. The Morgan fingerprint density at radius 3 is 1.60 bits per heavy atom. The van der Waals surface area contributed by atoms with Gasteiger partial charge in [-0.1, -0.05) is 6.92 Å². The minimum Gasteiger partial charge on any atom is -0.469 e. The van der Waals surface area contributed by atoms with E-state index in [-0.39, 0.29) is 11.4 Å². The minimum atomic E-state index is -1.13. The lowest BCUT2D eigenvalue weighted by atomic mass is 9.91. The average molecular weight is 234 g/mol. The van der Waals surface area contributed by atoms with Crippen molar-refractivity contribution in [2.75, 3.05) is 14.2 Å². The van der Waals surface area contributed by atoms with Gasteiger partial charge in [-0.3, -0.25) is 4.79 Å². The van der Waals surface area contributed by atoms with E-state index >= 15 is 0 Å². The van der Waals surface area contributed by atoms with Crippen molar-refractivity contribution in [3.63, 3.8) is 0 Å². The Bertz CT molecular complexity index is 183. The lowest BCUT2D eigenvalue weighted by molar-refractivity contribution is -0.150. The topological polar surface area (TPSA) is 35.5 Å². The van der Waals surface area contributed by atoms with E-state index < -0.39 is 8.32 Å². The summed E-state index contributed by atoms with van der Waals surface area (Å²) in [6.07, 6.45) is 0.819. The molecule has 3 nitrogen and oxygen atoms in total. The molecule has 0 saturated carbocycles. The molecule has 15 heavy (non-hydrogen) atoms. The van der Waals surface area contributed by atoms with Gasteiger partial charge in [0.15, 0.2) is 8.32 Å². The average Bonchev–Trinajstić information content (AvgIpc) is 2.16. The Morgan fingerprint density at radius 1 is 1.20 bits per heavy atom. The Balaban J connectivity index is 0. The van der Waals surface area contributed by atoms with Crippen molar-refractivity contribution in [3.05, 3.63) is 0 Å². The maximum atomic E-state index is 10.8. The summed E-state index contributed by atoms with van der Waals surface area (Å²) in [5.41, 5.74) is -0.311. The van der Waals surface area contributed by atoms with Crippen LogP contribution in [0.25, 0.3) is 0 Å². The predicted octanol–water partition coefficient (Wildman–Crippen LogP) is 3.06. The van der Waals surface area contributed by atoms with Gasteiger partial charge < -0.3 is 9.16 Å². The summed E-state index contributed by atoms with van der Waals surface area (Å²) < 4.78 is 9.64. The number of methoxy groups -OCH3 is 1. The van der Waals surface area contributed by atoms with Crippen molar-refractivity contribution in [2.24, 2.45) is 5.41 Å². The number of hydrogen-bond acceptors (Lipinski definition) is 3. The quantitative estimate of drug-likeness (QED) is 0.556. The zero-order valence-electron chi connectivity index (χ0n) is 11.4. The fourth-order valence-corrected chi connectivity index (χ4v) is 0.421. The molecule has 4 heteroatoms. The van der Waals surface area contributed by atoms with Crippen LogP contribution in [0.15, 0.2) is 0 Å². The van der Waals surface area contributed by atoms with Crippen LogP contribution >= 0.6 is 0 Å². The highest BCUT2D eigenvalue weighted by Crippen LogP contribution is 2.20. The fourth-order valence-electron chi connectivity index (χ4n) is 0.421. The summed E-state index contributed by atoms with van der Waals surface area (Å²) in [4.78, 5) is 10.8. The molecular weight excluding hydrogens is 208 g/mol. The van der Waals surface area contributed by atoms with Crippen LogP contribution in [-0.4, -0.2) is 28.5 Å². The largest absolute Gasteiger partial charge is 0.469 e. The number of ether oxygens (including phenoxy) is 1. The molecule has 0 bridgehead atoms. The molecule has 0 heterocycles. The van der Waals surface area contributed by atoms with E-state index in [1.54, 1.807) is 7.11 Å². The van der Waals surface area contributed by atoms with Crippen LogP contribution in [0.3, 0.4) is 0 Å². The molecule has 0 saturated heterocycles. The number of hydrogen-bond donors (Lipinski definition) is 0. The highest BCUT2D eigenvalue weighted by molar-refractivity contribution is 6.69.